The summed E-state index contributed by atoms with van der Waals surface area (Å²) < 4.78 is 13.7. The molecule has 1 saturated heterocycles. The van der Waals surface area contributed by atoms with Gasteiger partial charge in [0.2, 0.25) is 0 Å². The molecule has 1 fully saturated rings. The Morgan fingerprint density at radius 2 is 1.66 bits per heavy atom. The number of benzene rings is 2. The molecule has 1 aliphatic rings. The molecule has 2 N–H and O–H groups in total. The molecule has 0 spiro atoms. The van der Waals surface area contributed by atoms with Gasteiger partial charge in [-0.3, -0.25) is 9.89 Å². The monoisotopic (exact) mass is 511 g/mol. The van der Waals surface area contributed by atoms with Crippen molar-refractivity contribution in [1.82, 2.24) is 15.5 Å². The third kappa shape index (κ3) is 7.47. The molecule has 1 aliphatic heterocycles. The van der Waals surface area contributed by atoms with E-state index in [0.717, 1.165) is 45.7 Å². The van der Waals surface area contributed by atoms with Crippen LogP contribution in [0.2, 0.25) is 0 Å². The number of halogens is 2. The van der Waals surface area contributed by atoms with Gasteiger partial charge in [-0.25, -0.2) is 4.39 Å². The molecule has 3 rings (SSSR count). The molecule has 0 radical (unpaired) electrons. The van der Waals surface area contributed by atoms with Crippen molar-refractivity contribution in [1.29, 1.82) is 0 Å². The second kappa shape index (κ2) is 12.6. The van der Waals surface area contributed by atoms with Gasteiger partial charge in [-0.05, 0) is 31.2 Å². The number of piperazine rings is 1. The number of rotatable bonds is 7. The second-order valence-corrected chi connectivity index (χ2v) is 6.96. The second-order valence-electron chi connectivity index (χ2n) is 6.96. The van der Waals surface area contributed by atoms with Gasteiger partial charge in [0, 0.05) is 57.6 Å². The molecule has 1 heterocycles. The highest BCUT2D eigenvalue weighted by Gasteiger charge is 2.16. The Labute approximate surface area is 190 Å². The molecule has 0 bridgehead atoms. The van der Waals surface area contributed by atoms with Gasteiger partial charge in [0.1, 0.15) is 5.82 Å². The van der Waals surface area contributed by atoms with Crippen LogP contribution in [0.3, 0.4) is 0 Å². The summed E-state index contributed by atoms with van der Waals surface area (Å²) in [6.45, 7) is 6.67. The zero-order chi connectivity index (χ0) is 19.6. The highest BCUT2D eigenvalue weighted by Crippen LogP contribution is 2.15. The Bertz CT molecular complexity index is 748. The topological polar surface area (TPSA) is 42.9 Å². The van der Waals surface area contributed by atoms with E-state index in [9.17, 15) is 4.39 Å². The molecular weight excluding hydrogens is 480 g/mol. The fraction of sp³-hybridized carbons (Fsp3) is 0.409. The van der Waals surface area contributed by atoms with Crippen LogP contribution in [-0.2, 0) is 6.54 Å². The molecule has 7 heteroatoms. The SMILES string of the molecule is CN=C(NCCCN1CCN(c2ccccc2)CC1)NCc1ccccc1F.I. The number of nitrogens with zero attached hydrogens (tertiary/aromatic N) is 3. The Kier molecular flexibility index (Phi) is 10.2. The molecule has 0 aliphatic carbocycles. The number of para-hydroxylation sites is 1. The minimum atomic E-state index is -0.194. The predicted molar refractivity (Wildman–Crippen MR) is 130 cm³/mol. The van der Waals surface area contributed by atoms with Gasteiger partial charge >= 0.3 is 0 Å². The van der Waals surface area contributed by atoms with Gasteiger partial charge in [0.05, 0.1) is 0 Å². The number of hydrogen-bond donors (Lipinski definition) is 2. The third-order valence-corrected chi connectivity index (χ3v) is 5.06. The van der Waals surface area contributed by atoms with Crippen molar-refractivity contribution < 1.29 is 4.39 Å². The lowest BCUT2D eigenvalue weighted by atomic mass is 10.2. The standard InChI is InChI=1S/C22H30FN5.HI/c1-24-22(26-18-19-8-5-6-11-21(19)23)25-12-7-13-27-14-16-28(17-15-27)20-9-3-2-4-10-20;/h2-6,8-11H,7,12-18H2,1H3,(H2,24,25,26);1H. The summed E-state index contributed by atoms with van der Waals surface area (Å²) in [6.07, 6.45) is 1.05. The first-order valence-corrected chi connectivity index (χ1v) is 9.96. The fourth-order valence-electron chi connectivity index (χ4n) is 3.42. The van der Waals surface area contributed by atoms with Crippen molar-refractivity contribution in [3.63, 3.8) is 0 Å². The smallest absolute Gasteiger partial charge is 0.191 e. The molecule has 2 aromatic carbocycles. The summed E-state index contributed by atoms with van der Waals surface area (Å²) in [4.78, 5) is 9.17. The van der Waals surface area contributed by atoms with E-state index in [1.165, 1.54) is 11.8 Å². The minimum absolute atomic E-state index is 0. The van der Waals surface area contributed by atoms with Crippen molar-refractivity contribution in [2.45, 2.75) is 13.0 Å². The minimum Gasteiger partial charge on any atom is -0.369 e. The summed E-state index contributed by atoms with van der Waals surface area (Å²) in [5.41, 5.74) is 1.95. The Balaban J connectivity index is 0.00000300. The normalized spacial score (nSPS) is 15.0. The van der Waals surface area contributed by atoms with Crippen LogP contribution in [-0.4, -0.2) is 57.2 Å². The molecule has 158 valence electrons. The molecule has 2 aromatic rings. The van der Waals surface area contributed by atoms with Gasteiger partial charge in [-0.15, -0.1) is 24.0 Å². The van der Waals surface area contributed by atoms with Gasteiger partial charge in [-0.2, -0.15) is 0 Å². The number of hydrogen-bond acceptors (Lipinski definition) is 3. The summed E-state index contributed by atoms with van der Waals surface area (Å²) in [7, 11) is 1.74. The first-order chi connectivity index (χ1) is 13.8. The van der Waals surface area contributed by atoms with Gasteiger partial charge < -0.3 is 15.5 Å². The van der Waals surface area contributed by atoms with E-state index in [0.29, 0.717) is 18.1 Å². The predicted octanol–water partition coefficient (Wildman–Crippen LogP) is 3.32. The summed E-state index contributed by atoms with van der Waals surface area (Å²) >= 11 is 0. The van der Waals surface area contributed by atoms with Crippen LogP contribution in [0.15, 0.2) is 59.6 Å². The molecule has 0 unspecified atom stereocenters. The van der Waals surface area contributed by atoms with Crippen molar-refractivity contribution in [3.05, 3.63) is 66.0 Å². The van der Waals surface area contributed by atoms with E-state index in [2.05, 4.69) is 55.8 Å². The van der Waals surface area contributed by atoms with Crippen LogP contribution in [0.4, 0.5) is 10.1 Å². The first kappa shape index (κ1) is 23.4. The number of aliphatic imine (C=N–C) groups is 1. The summed E-state index contributed by atoms with van der Waals surface area (Å²) in [5.74, 6) is 0.511. The van der Waals surface area contributed by atoms with E-state index in [1.54, 1.807) is 19.2 Å². The van der Waals surface area contributed by atoms with Crippen molar-refractivity contribution in [3.8, 4) is 0 Å². The molecular formula is C22H31FIN5. The van der Waals surface area contributed by atoms with E-state index >= 15 is 0 Å². The van der Waals surface area contributed by atoms with E-state index in [-0.39, 0.29) is 29.8 Å². The molecule has 0 aromatic heterocycles. The Morgan fingerprint density at radius 3 is 2.34 bits per heavy atom. The van der Waals surface area contributed by atoms with Crippen LogP contribution >= 0.6 is 24.0 Å². The molecule has 0 saturated carbocycles. The molecule has 0 atom stereocenters. The quantitative estimate of drug-likeness (QED) is 0.259. The fourth-order valence-corrected chi connectivity index (χ4v) is 3.42. The largest absolute Gasteiger partial charge is 0.369 e. The van der Waals surface area contributed by atoms with E-state index in [1.807, 2.05) is 6.07 Å². The van der Waals surface area contributed by atoms with Gasteiger partial charge in [-0.1, -0.05) is 36.4 Å². The van der Waals surface area contributed by atoms with Crippen molar-refractivity contribution in [2.75, 3.05) is 51.2 Å². The molecule has 29 heavy (non-hydrogen) atoms. The maximum atomic E-state index is 13.7. The van der Waals surface area contributed by atoms with Crippen LogP contribution in [0.5, 0.6) is 0 Å². The Hall–Kier alpha value is -1.87. The number of nitrogens with one attached hydrogen (secondary N) is 2. The van der Waals surface area contributed by atoms with E-state index in [4.69, 9.17) is 0 Å². The highest BCUT2D eigenvalue weighted by atomic mass is 127. The number of anilines is 1. The summed E-state index contributed by atoms with van der Waals surface area (Å²) in [5, 5.41) is 6.48. The van der Waals surface area contributed by atoms with Crippen LogP contribution in [0.25, 0.3) is 0 Å². The van der Waals surface area contributed by atoms with Crippen molar-refractivity contribution >= 4 is 35.6 Å². The van der Waals surface area contributed by atoms with Crippen LogP contribution < -0.4 is 15.5 Å². The lowest BCUT2D eigenvalue weighted by molar-refractivity contribution is 0.255. The molecule has 5 nitrogen and oxygen atoms in total. The van der Waals surface area contributed by atoms with E-state index < -0.39 is 0 Å². The zero-order valence-corrected chi connectivity index (χ0v) is 19.3. The maximum absolute atomic E-state index is 13.7. The first-order valence-electron chi connectivity index (χ1n) is 9.96. The molecule has 0 amide bonds. The van der Waals surface area contributed by atoms with Crippen molar-refractivity contribution in [2.24, 2.45) is 4.99 Å². The summed E-state index contributed by atoms with van der Waals surface area (Å²) in [6, 6.07) is 17.4. The zero-order valence-electron chi connectivity index (χ0n) is 17.0. The lowest BCUT2D eigenvalue weighted by Crippen LogP contribution is -2.47. The highest BCUT2D eigenvalue weighted by molar-refractivity contribution is 14.0. The Morgan fingerprint density at radius 1 is 0.966 bits per heavy atom. The van der Waals surface area contributed by atoms with Gasteiger partial charge in [0.25, 0.3) is 0 Å². The van der Waals surface area contributed by atoms with Crippen LogP contribution in [0, 0.1) is 5.82 Å². The number of guanidine groups is 1. The average molecular weight is 511 g/mol. The third-order valence-electron chi connectivity index (χ3n) is 5.06. The van der Waals surface area contributed by atoms with Crippen LogP contribution in [0.1, 0.15) is 12.0 Å². The maximum Gasteiger partial charge on any atom is 0.191 e. The van der Waals surface area contributed by atoms with Gasteiger partial charge in [0.15, 0.2) is 5.96 Å². The lowest BCUT2D eigenvalue weighted by Gasteiger charge is -2.36. The average Bonchev–Trinajstić information content (AvgIpc) is 2.75.